The van der Waals surface area contributed by atoms with E-state index in [1.54, 1.807) is 67.8 Å². The fourth-order valence-corrected chi connectivity index (χ4v) is 6.85. The minimum Gasteiger partial charge on any atom is -0.497 e. The van der Waals surface area contributed by atoms with Crippen LogP contribution in [0.15, 0.2) is 77.8 Å². The molecule has 1 spiro atoms. The number of benzene rings is 3. The Balaban J connectivity index is 1.39. The molecule has 0 N–H and O–H groups in total. The molecule has 0 aliphatic carbocycles. The Kier molecular flexibility index (Phi) is 4.67. The Bertz CT molecular complexity index is 1720. The van der Waals surface area contributed by atoms with Gasteiger partial charge in [-0.15, -0.1) is 0 Å². The van der Waals surface area contributed by atoms with Crippen molar-refractivity contribution >= 4 is 34.8 Å². The third kappa shape index (κ3) is 2.63. The van der Waals surface area contributed by atoms with Crippen molar-refractivity contribution in [3.63, 3.8) is 0 Å². The van der Waals surface area contributed by atoms with E-state index in [2.05, 4.69) is 4.99 Å². The Morgan fingerprint density at radius 2 is 1.56 bits per heavy atom. The maximum atomic E-state index is 14.5. The molecule has 0 radical (unpaired) electrons. The van der Waals surface area contributed by atoms with E-state index in [1.807, 2.05) is 12.1 Å². The SMILES string of the molecule is COc1ccc(C2=N[C@@H]3O[C@H]2O[C@]24c5ccccc5N(C(C)=O)[C@@]2(O3)O[C@]42C(=O)N(C(C)=O)c3ccccc32)cc1. The highest BCUT2D eigenvalue weighted by Crippen LogP contribution is 2.75. The fourth-order valence-electron chi connectivity index (χ4n) is 6.85. The molecule has 0 aromatic heterocycles. The van der Waals surface area contributed by atoms with Crippen LogP contribution in [0, 0.1) is 0 Å². The molecule has 11 nitrogen and oxygen atoms in total. The number of rotatable bonds is 2. The van der Waals surface area contributed by atoms with Gasteiger partial charge in [-0.1, -0.05) is 36.4 Å². The number of carbonyl (C=O) groups is 3. The van der Waals surface area contributed by atoms with Crippen molar-refractivity contribution in [2.24, 2.45) is 4.99 Å². The normalized spacial score (nSPS) is 32.0. The van der Waals surface area contributed by atoms with Crippen molar-refractivity contribution in [1.29, 1.82) is 0 Å². The lowest BCUT2D eigenvalue weighted by atomic mass is 9.67. The molecule has 8 rings (SSSR count). The summed E-state index contributed by atoms with van der Waals surface area (Å²) in [6, 6.07) is 21.2. The van der Waals surface area contributed by atoms with Gasteiger partial charge in [-0.25, -0.2) is 9.89 Å². The monoisotopic (exact) mass is 553 g/mol. The molecule has 3 aromatic carbocycles. The lowest BCUT2D eigenvalue weighted by Crippen LogP contribution is -2.84. The topological polar surface area (TPSA) is 116 Å². The zero-order valence-corrected chi connectivity index (χ0v) is 22.2. The predicted molar refractivity (Wildman–Crippen MR) is 142 cm³/mol. The van der Waals surface area contributed by atoms with Gasteiger partial charge in [0, 0.05) is 30.5 Å². The first-order valence-corrected chi connectivity index (χ1v) is 13.1. The van der Waals surface area contributed by atoms with Crippen LogP contribution in [0.3, 0.4) is 0 Å². The van der Waals surface area contributed by atoms with Crippen molar-refractivity contribution in [3.8, 4) is 5.75 Å². The zero-order valence-electron chi connectivity index (χ0n) is 22.2. The molecule has 5 heterocycles. The first kappa shape index (κ1) is 24.4. The number of hydrogen-bond acceptors (Lipinski definition) is 9. The summed E-state index contributed by atoms with van der Waals surface area (Å²) in [7, 11) is 1.58. The average molecular weight is 554 g/mol. The van der Waals surface area contributed by atoms with Gasteiger partial charge in [0.2, 0.25) is 29.3 Å². The third-order valence-corrected chi connectivity index (χ3v) is 8.35. The number of methoxy groups -OCH3 is 1. The van der Waals surface area contributed by atoms with Gasteiger partial charge in [0.05, 0.1) is 18.5 Å². The molecular weight excluding hydrogens is 530 g/mol. The second kappa shape index (κ2) is 7.86. The van der Waals surface area contributed by atoms with Gasteiger partial charge in [-0.3, -0.25) is 28.8 Å². The molecule has 3 amide bonds. The van der Waals surface area contributed by atoms with E-state index >= 15 is 0 Å². The van der Waals surface area contributed by atoms with Gasteiger partial charge in [-0.2, -0.15) is 0 Å². The van der Waals surface area contributed by atoms with E-state index in [1.165, 1.54) is 18.7 Å². The molecule has 206 valence electrons. The second-order valence-corrected chi connectivity index (χ2v) is 10.3. The fraction of sp³-hybridized carbons (Fsp3) is 0.267. The molecule has 0 unspecified atom stereocenters. The lowest BCUT2D eigenvalue weighted by Gasteiger charge is -2.63. The minimum atomic E-state index is -1.95. The van der Waals surface area contributed by atoms with Crippen molar-refractivity contribution in [2.45, 2.75) is 43.7 Å². The van der Waals surface area contributed by atoms with Gasteiger partial charge in [0.15, 0.2) is 0 Å². The van der Waals surface area contributed by atoms with E-state index in [0.29, 0.717) is 39.5 Å². The Labute approximate surface area is 233 Å². The standard InChI is InChI=1S/C30H23N3O8/c1-16(34)32-22-10-6-4-8-20(22)28(26(32)36)29-21-9-5-7-11-23(21)33(17(2)35)30(29,41-28)40-27-31-24(25(38-27)39-29)18-12-14-19(37-3)15-13-18/h4-15,25,27H,1-3H3/t25-,27+,28+,29-,30-/m0/s1. The van der Waals surface area contributed by atoms with Crippen LogP contribution in [0.1, 0.15) is 30.5 Å². The van der Waals surface area contributed by atoms with Crippen LogP contribution in [0.2, 0.25) is 0 Å². The van der Waals surface area contributed by atoms with Crippen LogP contribution < -0.4 is 14.5 Å². The largest absolute Gasteiger partial charge is 0.497 e. The Morgan fingerprint density at radius 1 is 0.878 bits per heavy atom. The first-order chi connectivity index (χ1) is 19.8. The number of nitrogens with zero attached hydrogens (tertiary/aromatic N) is 3. The molecule has 2 bridgehead atoms. The van der Waals surface area contributed by atoms with Gasteiger partial charge in [-0.05, 0) is 36.4 Å². The molecule has 41 heavy (non-hydrogen) atoms. The minimum absolute atomic E-state index is 0.370. The summed E-state index contributed by atoms with van der Waals surface area (Å²) in [4.78, 5) is 47.7. The Morgan fingerprint density at radius 3 is 2.24 bits per heavy atom. The number of amides is 3. The molecular formula is C30H23N3O8. The van der Waals surface area contributed by atoms with Crippen LogP contribution in [-0.4, -0.2) is 49.2 Å². The van der Waals surface area contributed by atoms with Gasteiger partial charge in [0.25, 0.3) is 12.3 Å². The van der Waals surface area contributed by atoms with Crippen molar-refractivity contribution in [3.05, 3.63) is 89.5 Å². The van der Waals surface area contributed by atoms with Gasteiger partial charge < -0.3 is 14.2 Å². The van der Waals surface area contributed by atoms with Crippen molar-refractivity contribution in [1.82, 2.24) is 0 Å². The molecule has 5 aliphatic rings. The second-order valence-electron chi connectivity index (χ2n) is 10.3. The number of anilines is 2. The summed E-state index contributed by atoms with van der Waals surface area (Å²) in [5.74, 6) is -2.83. The van der Waals surface area contributed by atoms with Crippen LogP contribution in [0.25, 0.3) is 0 Å². The van der Waals surface area contributed by atoms with Crippen LogP contribution >= 0.6 is 0 Å². The summed E-state index contributed by atoms with van der Waals surface area (Å²) < 4.78 is 31.4. The van der Waals surface area contributed by atoms with Gasteiger partial charge >= 0.3 is 5.91 Å². The summed E-state index contributed by atoms with van der Waals surface area (Å²) in [6.07, 6.45) is -2.33. The number of ether oxygens (including phenoxy) is 5. The van der Waals surface area contributed by atoms with E-state index < -0.39 is 47.5 Å². The summed E-state index contributed by atoms with van der Waals surface area (Å²) in [5.41, 5.74) is -0.797. The predicted octanol–water partition coefficient (Wildman–Crippen LogP) is 2.91. The molecule has 3 aromatic rings. The highest BCUT2D eigenvalue weighted by atomic mass is 16.9. The summed E-state index contributed by atoms with van der Waals surface area (Å²) in [5, 5.41) is 0. The van der Waals surface area contributed by atoms with Gasteiger partial charge in [0.1, 0.15) is 11.5 Å². The van der Waals surface area contributed by atoms with Crippen LogP contribution in [-0.2, 0) is 44.5 Å². The van der Waals surface area contributed by atoms with E-state index in [-0.39, 0.29) is 0 Å². The number of para-hydroxylation sites is 2. The molecule has 2 saturated heterocycles. The maximum absolute atomic E-state index is 14.5. The Hall–Kier alpha value is -4.42. The first-order valence-electron chi connectivity index (χ1n) is 13.1. The van der Waals surface area contributed by atoms with Crippen LogP contribution in [0.5, 0.6) is 5.75 Å². The maximum Gasteiger partial charge on any atom is 0.302 e. The zero-order chi connectivity index (χ0) is 28.3. The van der Waals surface area contributed by atoms with E-state index in [0.717, 1.165) is 4.90 Å². The van der Waals surface area contributed by atoms with Crippen molar-refractivity contribution < 1.29 is 38.1 Å². The van der Waals surface area contributed by atoms with Crippen molar-refractivity contribution in [2.75, 3.05) is 16.9 Å². The number of fused-ring (bicyclic) bond motifs is 5. The molecule has 11 heteroatoms. The highest BCUT2D eigenvalue weighted by molar-refractivity contribution is 6.23. The molecule has 5 atom stereocenters. The number of carbonyl (C=O) groups excluding carboxylic acids is 3. The van der Waals surface area contributed by atoms with E-state index in [4.69, 9.17) is 23.7 Å². The smallest absolute Gasteiger partial charge is 0.302 e. The number of hydrogen-bond donors (Lipinski definition) is 0. The average Bonchev–Trinajstić information content (AvgIpc) is 3.50. The molecule has 5 aliphatic heterocycles. The quantitative estimate of drug-likeness (QED) is 0.476. The highest BCUT2D eigenvalue weighted by Gasteiger charge is 2.93. The van der Waals surface area contributed by atoms with E-state index in [9.17, 15) is 14.4 Å². The lowest BCUT2D eigenvalue weighted by molar-refractivity contribution is -0.484. The number of imide groups is 1. The summed E-state index contributed by atoms with van der Waals surface area (Å²) in [6.45, 7) is 2.69. The van der Waals surface area contributed by atoms with Crippen LogP contribution in [0.4, 0.5) is 11.4 Å². The summed E-state index contributed by atoms with van der Waals surface area (Å²) >= 11 is 0. The molecule has 2 fully saturated rings. The molecule has 0 saturated carbocycles. The third-order valence-electron chi connectivity index (χ3n) is 8.35. The number of aliphatic imine (C=N–C) groups is 1.